The molecule has 19 heavy (non-hydrogen) atoms. The molecule has 0 aromatic carbocycles. The van der Waals surface area contributed by atoms with Crippen LogP contribution in [0.3, 0.4) is 0 Å². The summed E-state index contributed by atoms with van der Waals surface area (Å²) in [5, 5.41) is 2.78. The molecule has 0 saturated carbocycles. The van der Waals surface area contributed by atoms with E-state index in [0.29, 0.717) is 25.5 Å². The maximum absolute atomic E-state index is 11.8. The van der Waals surface area contributed by atoms with Crippen LogP contribution in [-0.2, 0) is 16.1 Å². The Bertz CT molecular complexity index is 398. The molecule has 0 radical (unpaired) electrons. The number of amides is 1. The molecule has 1 heterocycles. The third kappa shape index (κ3) is 5.23. The van der Waals surface area contributed by atoms with Crippen molar-refractivity contribution in [2.24, 2.45) is 5.73 Å². The lowest BCUT2D eigenvalue weighted by atomic mass is 10.1. The van der Waals surface area contributed by atoms with Crippen molar-refractivity contribution >= 4 is 5.91 Å². The Morgan fingerprint density at radius 2 is 2.32 bits per heavy atom. The average Bonchev–Trinajstić information content (AvgIpc) is 2.45. The summed E-state index contributed by atoms with van der Waals surface area (Å²) in [7, 11) is 3.17. The minimum Gasteiger partial charge on any atom is -0.481 e. The zero-order valence-electron chi connectivity index (χ0n) is 11.4. The SMILES string of the molecule is COCCCC(N)C(=O)NCc1cccnc1OC. The first kappa shape index (κ1) is 15.4. The van der Waals surface area contributed by atoms with Crippen LogP contribution in [0.15, 0.2) is 18.3 Å². The lowest BCUT2D eigenvalue weighted by molar-refractivity contribution is -0.122. The molecule has 6 nitrogen and oxygen atoms in total. The molecule has 1 aromatic rings. The van der Waals surface area contributed by atoms with Crippen LogP contribution in [0, 0.1) is 0 Å². The van der Waals surface area contributed by atoms with Crippen molar-refractivity contribution in [1.82, 2.24) is 10.3 Å². The highest BCUT2D eigenvalue weighted by atomic mass is 16.5. The van der Waals surface area contributed by atoms with Gasteiger partial charge in [0.1, 0.15) is 0 Å². The number of nitrogens with two attached hydrogens (primary N) is 1. The van der Waals surface area contributed by atoms with Gasteiger partial charge in [0.25, 0.3) is 0 Å². The number of aromatic nitrogens is 1. The van der Waals surface area contributed by atoms with Crippen LogP contribution in [-0.4, -0.2) is 37.8 Å². The van der Waals surface area contributed by atoms with Crippen LogP contribution >= 0.6 is 0 Å². The molecule has 1 unspecified atom stereocenters. The fraction of sp³-hybridized carbons (Fsp3) is 0.538. The Morgan fingerprint density at radius 1 is 1.53 bits per heavy atom. The van der Waals surface area contributed by atoms with Gasteiger partial charge in [-0.05, 0) is 18.9 Å². The zero-order chi connectivity index (χ0) is 14.1. The largest absolute Gasteiger partial charge is 0.481 e. The van der Waals surface area contributed by atoms with Crippen molar-refractivity contribution in [3.05, 3.63) is 23.9 Å². The molecule has 1 atom stereocenters. The van der Waals surface area contributed by atoms with E-state index in [-0.39, 0.29) is 5.91 Å². The summed E-state index contributed by atoms with van der Waals surface area (Å²) in [5.74, 6) is 0.331. The second-order valence-electron chi connectivity index (χ2n) is 4.13. The van der Waals surface area contributed by atoms with Gasteiger partial charge in [0, 0.05) is 32.0 Å². The fourth-order valence-electron chi connectivity index (χ4n) is 1.63. The van der Waals surface area contributed by atoms with Gasteiger partial charge >= 0.3 is 0 Å². The van der Waals surface area contributed by atoms with E-state index in [9.17, 15) is 4.79 Å². The van der Waals surface area contributed by atoms with Gasteiger partial charge in [-0.1, -0.05) is 6.07 Å². The lowest BCUT2D eigenvalue weighted by Gasteiger charge is -2.13. The molecule has 0 fully saturated rings. The van der Waals surface area contributed by atoms with Crippen molar-refractivity contribution in [2.45, 2.75) is 25.4 Å². The summed E-state index contributed by atoms with van der Waals surface area (Å²) in [5.41, 5.74) is 6.60. The van der Waals surface area contributed by atoms with Gasteiger partial charge < -0.3 is 20.5 Å². The van der Waals surface area contributed by atoms with Crippen molar-refractivity contribution in [2.75, 3.05) is 20.8 Å². The molecular formula is C13H21N3O3. The molecular weight excluding hydrogens is 246 g/mol. The molecule has 0 saturated heterocycles. The van der Waals surface area contributed by atoms with Gasteiger partial charge in [-0.15, -0.1) is 0 Å². The standard InChI is InChI=1S/C13H21N3O3/c1-18-8-4-6-11(14)12(17)16-9-10-5-3-7-15-13(10)19-2/h3,5,7,11H,4,6,8-9,14H2,1-2H3,(H,16,17). The van der Waals surface area contributed by atoms with E-state index < -0.39 is 6.04 Å². The Morgan fingerprint density at radius 3 is 3.00 bits per heavy atom. The number of rotatable bonds is 8. The number of pyridine rings is 1. The topological polar surface area (TPSA) is 86.5 Å². The highest BCUT2D eigenvalue weighted by Gasteiger charge is 2.13. The van der Waals surface area contributed by atoms with Crippen LogP contribution in [0.2, 0.25) is 0 Å². The molecule has 1 rings (SSSR count). The zero-order valence-corrected chi connectivity index (χ0v) is 11.4. The quantitative estimate of drug-likeness (QED) is 0.668. The Kier molecular flexibility index (Phi) is 6.84. The van der Waals surface area contributed by atoms with Gasteiger partial charge in [-0.2, -0.15) is 0 Å². The van der Waals surface area contributed by atoms with E-state index in [1.54, 1.807) is 26.5 Å². The second kappa shape index (κ2) is 8.44. The van der Waals surface area contributed by atoms with E-state index in [0.717, 1.165) is 12.0 Å². The first-order chi connectivity index (χ1) is 9.19. The van der Waals surface area contributed by atoms with E-state index in [1.807, 2.05) is 6.07 Å². The highest BCUT2D eigenvalue weighted by Crippen LogP contribution is 2.12. The van der Waals surface area contributed by atoms with Crippen LogP contribution in [0.1, 0.15) is 18.4 Å². The van der Waals surface area contributed by atoms with Crippen LogP contribution in [0.4, 0.5) is 0 Å². The maximum Gasteiger partial charge on any atom is 0.237 e. The first-order valence-electron chi connectivity index (χ1n) is 6.19. The number of carbonyl (C=O) groups is 1. The summed E-state index contributed by atoms with van der Waals surface area (Å²) in [6.45, 7) is 0.964. The number of methoxy groups -OCH3 is 2. The Balaban J connectivity index is 2.40. The molecule has 0 aliphatic carbocycles. The van der Waals surface area contributed by atoms with Gasteiger partial charge in [0.05, 0.1) is 13.2 Å². The summed E-state index contributed by atoms with van der Waals surface area (Å²) in [4.78, 5) is 15.8. The molecule has 0 bridgehead atoms. The van der Waals surface area contributed by atoms with Crippen LogP contribution in [0.5, 0.6) is 5.88 Å². The fourth-order valence-corrected chi connectivity index (χ4v) is 1.63. The van der Waals surface area contributed by atoms with Crippen molar-refractivity contribution < 1.29 is 14.3 Å². The predicted molar refractivity (Wildman–Crippen MR) is 71.7 cm³/mol. The smallest absolute Gasteiger partial charge is 0.237 e. The predicted octanol–water partition coefficient (Wildman–Crippen LogP) is 0.460. The monoisotopic (exact) mass is 267 g/mol. The third-order valence-corrected chi connectivity index (χ3v) is 2.70. The van der Waals surface area contributed by atoms with Crippen LogP contribution < -0.4 is 15.8 Å². The van der Waals surface area contributed by atoms with E-state index >= 15 is 0 Å². The molecule has 0 aliphatic rings. The molecule has 106 valence electrons. The molecule has 1 aromatic heterocycles. The molecule has 3 N–H and O–H groups in total. The van der Waals surface area contributed by atoms with E-state index in [4.69, 9.17) is 15.2 Å². The van der Waals surface area contributed by atoms with Crippen LogP contribution in [0.25, 0.3) is 0 Å². The normalized spacial score (nSPS) is 11.9. The summed E-state index contributed by atoms with van der Waals surface area (Å²) in [6, 6.07) is 3.13. The molecule has 6 heteroatoms. The third-order valence-electron chi connectivity index (χ3n) is 2.70. The lowest BCUT2D eigenvalue weighted by Crippen LogP contribution is -2.40. The Hall–Kier alpha value is -1.66. The highest BCUT2D eigenvalue weighted by molar-refractivity contribution is 5.81. The van der Waals surface area contributed by atoms with Crippen molar-refractivity contribution in [1.29, 1.82) is 0 Å². The number of nitrogens with zero attached hydrogens (tertiary/aromatic N) is 1. The molecule has 1 amide bonds. The number of hydrogen-bond acceptors (Lipinski definition) is 5. The van der Waals surface area contributed by atoms with Gasteiger partial charge in [-0.3, -0.25) is 4.79 Å². The summed E-state index contributed by atoms with van der Waals surface area (Å²) < 4.78 is 10.0. The van der Waals surface area contributed by atoms with Crippen molar-refractivity contribution in [3.8, 4) is 5.88 Å². The average molecular weight is 267 g/mol. The second-order valence-corrected chi connectivity index (χ2v) is 4.13. The minimum absolute atomic E-state index is 0.179. The molecule has 0 aliphatic heterocycles. The summed E-state index contributed by atoms with van der Waals surface area (Å²) >= 11 is 0. The number of nitrogens with one attached hydrogen (secondary N) is 1. The maximum atomic E-state index is 11.8. The first-order valence-corrected chi connectivity index (χ1v) is 6.19. The number of carbonyl (C=O) groups excluding carboxylic acids is 1. The minimum atomic E-state index is -0.516. The van der Waals surface area contributed by atoms with Gasteiger partial charge in [-0.25, -0.2) is 4.98 Å². The van der Waals surface area contributed by atoms with Gasteiger partial charge in [0.15, 0.2) is 0 Å². The summed E-state index contributed by atoms with van der Waals surface area (Å²) in [6.07, 6.45) is 3.01. The number of ether oxygens (including phenoxy) is 2. The Labute approximate surface area is 113 Å². The number of hydrogen-bond donors (Lipinski definition) is 2. The van der Waals surface area contributed by atoms with Gasteiger partial charge in [0.2, 0.25) is 11.8 Å². The molecule has 0 spiro atoms. The van der Waals surface area contributed by atoms with Crippen molar-refractivity contribution in [3.63, 3.8) is 0 Å². The van der Waals surface area contributed by atoms with E-state index in [2.05, 4.69) is 10.3 Å². The van der Waals surface area contributed by atoms with E-state index in [1.165, 1.54) is 0 Å².